The molecule has 0 bridgehead atoms. The van der Waals surface area contributed by atoms with Crippen LogP contribution in [0.1, 0.15) is 40.0 Å². The van der Waals surface area contributed by atoms with Crippen LogP contribution in [0.5, 0.6) is 0 Å². The summed E-state index contributed by atoms with van der Waals surface area (Å²) in [4.78, 5) is 22.6. The molecular formula is C13H24N2O3. The van der Waals surface area contributed by atoms with Crippen LogP contribution in [0.3, 0.4) is 0 Å². The molecule has 0 aromatic carbocycles. The van der Waals surface area contributed by atoms with Gasteiger partial charge in [-0.2, -0.15) is 0 Å². The molecule has 0 aromatic heterocycles. The quantitative estimate of drug-likeness (QED) is 0.650. The summed E-state index contributed by atoms with van der Waals surface area (Å²) >= 11 is 0. The van der Waals surface area contributed by atoms with Crippen molar-refractivity contribution < 1.29 is 14.7 Å². The van der Waals surface area contributed by atoms with Crippen LogP contribution < -0.4 is 10.6 Å². The van der Waals surface area contributed by atoms with E-state index in [-0.39, 0.29) is 18.6 Å². The molecule has 5 nitrogen and oxygen atoms in total. The second-order valence-electron chi connectivity index (χ2n) is 5.65. The zero-order valence-electron chi connectivity index (χ0n) is 11.4. The standard InChI is InChI=1S/C13H24N2O3/c1-8(2)6-11(12(16)17)7-14-13(18)15-9(3)10-4-5-10/h8-11H,4-7H2,1-3H3,(H,16,17)(H2,14,15,18). The van der Waals surface area contributed by atoms with E-state index in [1.165, 1.54) is 12.8 Å². The molecule has 1 rings (SSSR count). The third-order valence-electron chi connectivity index (χ3n) is 3.30. The number of carboxylic acids is 1. The minimum Gasteiger partial charge on any atom is -0.481 e. The lowest BCUT2D eigenvalue weighted by Gasteiger charge is -2.17. The van der Waals surface area contributed by atoms with Gasteiger partial charge in [0.1, 0.15) is 0 Å². The van der Waals surface area contributed by atoms with Crippen LogP contribution in [0, 0.1) is 17.8 Å². The molecule has 0 aliphatic heterocycles. The van der Waals surface area contributed by atoms with Crippen molar-refractivity contribution in [1.29, 1.82) is 0 Å². The Labute approximate surface area is 108 Å². The third-order valence-corrected chi connectivity index (χ3v) is 3.30. The zero-order chi connectivity index (χ0) is 13.7. The van der Waals surface area contributed by atoms with Gasteiger partial charge in [0.25, 0.3) is 0 Å². The summed E-state index contributed by atoms with van der Waals surface area (Å²) in [5.41, 5.74) is 0. The van der Waals surface area contributed by atoms with Crippen molar-refractivity contribution >= 4 is 12.0 Å². The SMILES string of the molecule is CC(C)CC(CNC(=O)NC(C)C1CC1)C(=O)O. The molecular weight excluding hydrogens is 232 g/mol. The van der Waals surface area contributed by atoms with Gasteiger partial charge in [-0.05, 0) is 38.0 Å². The summed E-state index contributed by atoms with van der Waals surface area (Å²) in [7, 11) is 0. The van der Waals surface area contributed by atoms with Crippen molar-refractivity contribution in [3.63, 3.8) is 0 Å². The Bertz CT molecular complexity index is 301. The van der Waals surface area contributed by atoms with Gasteiger partial charge in [0.15, 0.2) is 0 Å². The molecule has 5 heteroatoms. The van der Waals surface area contributed by atoms with Crippen molar-refractivity contribution in [2.75, 3.05) is 6.54 Å². The molecule has 0 radical (unpaired) electrons. The molecule has 1 saturated carbocycles. The molecule has 2 amide bonds. The van der Waals surface area contributed by atoms with Gasteiger partial charge in [0.2, 0.25) is 0 Å². The van der Waals surface area contributed by atoms with E-state index in [2.05, 4.69) is 10.6 Å². The van der Waals surface area contributed by atoms with Gasteiger partial charge in [-0.3, -0.25) is 4.79 Å². The molecule has 0 aromatic rings. The molecule has 0 spiro atoms. The minimum absolute atomic E-state index is 0.179. The van der Waals surface area contributed by atoms with E-state index in [0.29, 0.717) is 18.3 Å². The fourth-order valence-corrected chi connectivity index (χ4v) is 2.03. The summed E-state index contributed by atoms with van der Waals surface area (Å²) in [6, 6.07) is -0.0808. The second-order valence-corrected chi connectivity index (χ2v) is 5.65. The Kier molecular flexibility index (Phi) is 5.44. The topological polar surface area (TPSA) is 78.4 Å². The highest BCUT2D eigenvalue weighted by atomic mass is 16.4. The maximum absolute atomic E-state index is 11.6. The van der Waals surface area contributed by atoms with Gasteiger partial charge >= 0.3 is 12.0 Å². The summed E-state index contributed by atoms with van der Waals surface area (Å²) < 4.78 is 0. The van der Waals surface area contributed by atoms with Gasteiger partial charge in [0.05, 0.1) is 5.92 Å². The lowest BCUT2D eigenvalue weighted by Crippen LogP contribution is -2.44. The molecule has 2 unspecified atom stereocenters. The highest BCUT2D eigenvalue weighted by Crippen LogP contribution is 2.32. The van der Waals surface area contributed by atoms with Gasteiger partial charge in [-0.15, -0.1) is 0 Å². The number of hydrogen-bond donors (Lipinski definition) is 3. The lowest BCUT2D eigenvalue weighted by atomic mass is 9.97. The molecule has 1 aliphatic carbocycles. The van der Waals surface area contributed by atoms with Crippen molar-refractivity contribution in [2.45, 2.75) is 46.1 Å². The first-order chi connectivity index (χ1) is 8.40. The Morgan fingerprint density at radius 1 is 1.28 bits per heavy atom. The maximum atomic E-state index is 11.6. The Morgan fingerprint density at radius 2 is 1.89 bits per heavy atom. The van der Waals surface area contributed by atoms with E-state index in [9.17, 15) is 9.59 Å². The normalized spacial score (nSPS) is 18.2. The third kappa shape index (κ3) is 5.38. The number of hydrogen-bond acceptors (Lipinski definition) is 2. The van der Waals surface area contributed by atoms with Crippen molar-refractivity contribution in [1.82, 2.24) is 10.6 Å². The molecule has 2 atom stereocenters. The number of amides is 2. The predicted molar refractivity (Wildman–Crippen MR) is 69.3 cm³/mol. The number of carbonyl (C=O) groups excluding carboxylic acids is 1. The van der Waals surface area contributed by atoms with Gasteiger partial charge < -0.3 is 15.7 Å². The van der Waals surface area contributed by atoms with Crippen LogP contribution in [-0.2, 0) is 4.79 Å². The summed E-state index contributed by atoms with van der Waals surface area (Å²) in [5.74, 6) is -0.450. The fraction of sp³-hybridized carbons (Fsp3) is 0.846. The average molecular weight is 256 g/mol. The highest BCUT2D eigenvalue weighted by Gasteiger charge is 2.29. The summed E-state index contributed by atoms with van der Waals surface area (Å²) in [5, 5.41) is 14.5. The van der Waals surface area contributed by atoms with Gasteiger partial charge in [-0.1, -0.05) is 13.8 Å². The first-order valence-electron chi connectivity index (χ1n) is 6.67. The maximum Gasteiger partial charge on any atom is 0.315 e. The summed E-state index contributed by atoms with van der Waals surface area (Å²) in [6.07, 6.45) is 2.92. The summed E-state index contributed by atoms with van der Waals surface area (Å²) in [6.45, 7) is 6.13. The first kappa shape index (κ1) is 14.8. The van der Waals surface area contributed by atoms with E-state index in [1.807, 2.05) is 20.8 Å². The predicted octanol–water partition coefficient (Wildman–Crippen LogP) is 1.83. The Balaban J connectivity index is 2.27. The number of carbonyl (C=O) groups is 2. The van der Waals surface area contributed by atoms with Crippen LogP contribution in [0.2, 0.25) is 0 Å². The number of aliphatic carboxylic acids is 1. The van der Waals surface area contributed by atoms with Crippen LogP contribution in [0.25, 0.3) is 0 Å². The van der Waals surface area contributed by atoms with Crippen LogP contribution in [0.4, 0.5) is 4.79 Å². The van der Waals surface area contributed by atoms with Crippen LogP contribution in [-0.4, -0.2) is 29.7 Å². The molecule has 104 valence electrons. The van der Waals surface area contributed by atoms with E-state index in [4.69, 9.17) is 5.11 Å². The zero-order valence-corrected chi connectivity index (χ0v) is 11.4. The highest BCUT2D eigenvalue weighted by molar-refractivity contribution is 5.76. The fourth-order valence-electron chi connectivity index (χ4n) is 2.03. The Morgan fingerprint density at radius 3 is 2.33 bits per heavy atom. The van der Waals surface area contributed by atoms with E-state index in [0.717, 1.165) is 0 Å². The number of nitrogens with one attached hydrogen (secondary N) is 2. The number of urea groups is 1. The largest absolute Gasteiger partial charge is 0.481 e. The number of carboxylic acid groups (broad SMARTS) is 1. The molecule has 0 heterocycles. The number of rotatable bonds is 7. The van der Waals surface area contributed by atoms with Gasteiger partial charge in [0, 0.05) is 12.6 Å². The van der Waals surface area contributed by atoms with E-state index < -0.39 is 11.9 Å². The van der Waals surface area contributed by atoms with Crippen LogP contribution in [0.15, 0.2) is 0 Å². The van der Waals surface area contributed by atoms with Gasteiger partial charge in [-0.25, -0.2) is 4.79 Å². The van der Waals surface area contributed by atoms with Crippen molar-refractivity contribution in [2.24, 2.45) is 17.8 Å². The first-order valence-corrected chi connectivity index (χ1v) is 6.67. The molecule has 1 fully saturated rings. The van der Waals surface area contributed by atoms with E-state index >= 15 is 0 Å². The van der Waals surface area contributed by atoms with Crippen molar-refractivity contribution in [3.8, 4) is 0 Å². The molecule has 3 N–H and O–H groups in total. The smallest absolute Gasteiger partial charge is 0.315 e. The van der Waals surface area contributed by atoms with Crippen LogP contribution >= 0.6 is 0 Å². The molecule has 1 aliphatic rings. The lowest BCUT2D eigenvalue weighted by molar-refractivity contribution is -0.142. The average Bonchev–Trinajstić information content (AvgIpc) is 3.06. The molecule has 18 heavy (non-hydrogen) atoms. The van der Waals surface area contributed by atoms with E-state index in [1.54, 1.807) is 0 Å². The minimum atomic E-state index is -0.848. The monoisotopic (exact) mass is 256 g/mol. The second kappa shape index (κ2) is 6.61. The Hall–Kier alpha value is -1.26. The van der Waals surface area contributed by atoms with Crippen molar-refractivity contribution in [3.05, 3.63) is 0 Å². The molecule has 0 saturated heterocycles.